The average Bonchev–Trinajstić information content (AvgIpc) is 2.53. The quantitative estimate of drug-likeness (QED) is 0.444. The van der Waals surface area contributed by atoms with Gasteiger partial charge in [0.25, 0.3) is 0 Å². The molecular formula is C17H27O4P. The monoisotopic (exact) mass is 326 g/mol. The lowest BCUT2D eigenvalue weighted by Gasteiger charge is -2.34. The minimum atomic E-state index is -3.54. The van der Waals surface area contributed by atoms with Gasteiger partial charge in [0, 0.05) is 5.56 Å². The minimum Gasteiger partial charge on any atom is -0.308 e. The van der Waals surface area contributed by atoms with E-state index in [1.165, 1.54) is 0 Å². The van der Waals surface area contributed by atoms with Crippen molar-refractivity contribution in [2.45, 2.75) is 52.1 Å². The highest BCUT2D eigenvalue weighted by atomic mass is 31.2. The van der Waals surface area contributed by atoms with Gasteiger partial charge in [-0.15, -0.1) is 0 Å². The summed E-state index contributed by atoms with van der Waals surface area (Å²) in [6, 6.07) is 8.95. The normalized spacial score (nSPS) is 14.5. The van der Waals surface area contributed by atoms with Crippen LogP contribution in [0.1, 0.15) is 57.3 Å². The van der Waals surface area contributed by atoms with Crippen molar-refractivity contribution in [1.29, 1.82) is 0 Å². The van der Waals surface area contributed by atoms with Gasteiger partial charge in [-0.2, -0.15) is 0 Å². The third-order valence-corrected chi connectivity index (χ3v) is 6.58. The molecule has 0 N–H and O–H groups in total. The third-order valence-electron chi connectivity index (χ3n) is 3.74. The molecule has 1 aromatic rings. The number of hydrogen-bond acceptors (Lipinski definition) is 4. The number of hydrogen-bond donors (Lipinski definition) is 0. The molecule has 5 heteroatoms. The lowest BCUT2D eigenvalue weighted by atomic mass is 9.93. The van der Waals surface area contributed by atoms with E-state index in [9.17, 15) is 9.36 Å². The summed E-state index contributed by atoms with van der Waals surface area (Å²) < 4.78 is 24.3. The van der Waals surface area contributed by atoms with Gasteiger partial charge in [0.15, 0.2) is 5.78 Å². The van der Waals surface area contributed by atoms with E-state index in [0.29, 0.717) is 12.0 Å². The van der Waals surface area contributed by atoms with Crippen molar-refractivity contribution in [3.63, 3.8) is 0 Å². The fourth-order valence-electron chi connectivity index (χ4n) is 2.46. The number of rotatable bonds is 10. The summed E-state index contributed by atoms with van der Waals surface area (Å²) in [7, 11) is -3.54. The van der Waals surface area contributed by atoms with Crippen LogP contribution in [0.3, 0.4) is 0 Å². The summed E-state index contributed by atoms with van der Waals surface area (Å²) in [5.74, 6) is -0.174. The molecule has 0 amide bonds. The molecule has 0 saturated heterocycles. The number of ketones is 1. The van der Waals surface area contributed by atoms with Crippen molar-refractivity contribution in [1.82, 2.24) is 0 Å². The molecule has 0 spiro atoms. The first kappa shape index (κ1) is 19.1. The largest absolute Gasteiger partial charge is 0.344 e. The number of unbranched alkanes of at least 4 members (excludes halogenated alkanes) is 1. The zero-order valence-corrected chi connectivity index (χ0v) is 14.9. The maximum atomic E-state index is 13.3. The van der Waals surface area contributed by atoms with Gasteiger partial charge < -0.3 is 9.05 Å². The van der Waals surface area contributed by atoms with Gasteiger partial charge in [0.05, 0.1) is 13.2 Å². The molecule has 22 heavy (non-hydrogen) atoms. The summed E-state index contributed by atoms with van der Waals surface area (Å²) in [5, 5.41) is -1.16. The van der Waals surface area contributed by atoms with Crippen LogP contribution in [0, 0.1) is 0 Å². The highest BCUT2D eigenvalue weighted by molar-refractivity contribution is 7.56. The van der Waals surface area contributed by atoms with Crippen LogP contribution >= 0.6 is 7.60 Å². The molecule has 0 fully saturated rings. The zero-order valence-electron chi connectivity index (χ0n) is 14.0. The second-order valence-corrected chi connectivity index (χ2v) is 7.90. The summed E-state index contributed by atoms with van der Waals surface area (Å²) in [6.45, 7) is 7.78. The molecule has 0 aliphatic carbocycles. The van der Waals surface area contributed by atoms with Crippen molar-refractivity contribution in [2.75, 3.05) is 13.2 Å². The van der Waals surface area contributed by atoms with Crippen LogP contribution in [0.4, 0.5) is 0 Å². The van der Waals surface area contributed by atoms with E-state index < -0.39 is 12.8 Å². The first-order chi connectivity index (χ1) is 10.4. The lowest BCUT2D eigenvalue weighted by Crippen LogP contribution is -2.37. The zero-order chi connectivity index (χ0) is 16.6. The molecule has 124 valence electrons. The van der Waals surface area contributed by atoms with Crippen molar-refractivity contribution in [3.8, 4) is 0 Å². The van der Waals surface area contributed by atoms with Gasteiger partial charge >= 0.3 is 7.60 Å². The Labute approximate surface area is 133 Å². The Bertz CT molecular complexity index is 505. The summed E-state index contributed by atoms with van der Waals surface area (Å²) in [4.78, 5) is 13.0. The van der Waals surface area contributed by atoms with E-state index in [-0.39, 0.29) is 19.0 Å². The fraction of sp³-hybridized carbons (Fsp3) is 0.588. The summed E-state index contributed by atoms with van der Waals surface area (Å²) in [5.41, 5.74) is 0.542. The molecule has 0 saturated carbocycles. The molecule has 0 aromatic heterocycles. The Kier molecular flexibility index (Phi) is 7.47. The van der Waals surface area contributed by atoms with Crippen molar-refractivity contribution in [2.24, 2.45) is 0 Å². The summed E-state index contributed by atoms with van der Waals surface area (Å²) in [6.07, 6.45) is 2.18. The van der Waals surface area contributed by atoms with E-state index in [1.807, 2.05) is 13.0 Å². The molecular weight excluding hydrogens is 299 g/mol. The molecule has 1 unspecified atom stereocenters. The van der Waals surface area contributed by atoms with Crippen molar-refractivity contribution < 1.29 is 18.4 Å². The standard InChI is InChI=1S/C17H27O4P/c1-5-8-14-17(4,22(19,20-6-2)21-7-3)16(18)15-12-10-9-11-13-15/h9-13H,5-8,14H2,1-4H3. The van der Waals surface area contributed by atoms with Crippen LogP contribution in [0.5, 0.6) is 0 Å². The van der Waals surface area contributed by atoms with Crippen molar-refractivity contribution in [3.05, 3.63) is 35.9 Å². The van der Waals surface area contributed by atoms with E-state index in [0.717, 1.165) is 12.8 Å². The van der Waals surface area contributed by atoms with Crippen LogP contribution in [-0.2, 0) is 13.6 Å². The predicted octanol–water partition coefficient (Wildman–Crippen LogP) is 5.08. The van der Waals surface area contributed by atoms with Crippen molar-refractivity contribution >= 4 is 13.4 Å². The maximum absolute atomic E-state index is 13.3. The topological polar surface area (TPSA) is 52.6 Å². The van der Waals surface area contributed by atoms with Crippen LogP contribution in [-0.4, -0.2) is 24.2 Å². The van der Waals surface area contributed by atoms with E-state index in [1.54, 1.807) is 45.0 Å². The van der Waals surface area contributed by atoms with Gasteiger partial charge in [0.1, 0.15) is 5.16 Å². The Hall–Kier alpha value is -0.960. The molecule has 0 radical (unpaired) electrons. The predicted molar refractivity (Wildman–Crippen MR) is 89.6 cm³/mol. The van der Waals surface area contributed by atoms with Gasteiger partial charge in [-0.1, -0.05) is 50.1 Å². The highest BCUT2D eigenvalue weighted by Gasteiger charge is 2.52. The van der Waals surface area contributed by atoms with E-state index in [2.05, 4.69) is 0 Å². The van der Waals surface area contributed by atoms with Gasteiger partial charge in [-0.05, 0) is 27.2 Å². The Morgan fingerprint density at radius 1 is 1.09 bits per heavy atom. The molecule has 0 aliphatic heterocycles. The Morgan fingerprint density at radius 2 is 1.64 bits per heavy atom. The molecule has 0 aliphatic rings. The van der Waals surface area contributed by atoms with Gasteiger partial charge in [0.2, 0.25) is 0 Å². The second kappa shape index (κ2) is 8.61. The van der Waals surface area contributed by atoms with Crippen LogP contribution < -0.4 is 0 Å². The molecule has 1 rings (SSSR count). The highest BCUT2D eigenvalue weighted by Crippen LogP contribution is 2.62. The number of benzene rings is 1. The summed E-state index contributed by atoms with van der Waals surface area (Å²) >= 11 is 0. The SMILES string of the molecule is CCCCC(C)(C(=O)c1ccccc1)P(=O)(OCC)OCC. The van der Waals surface area contributed by atoms with E-state index in [4.69, 9.17) is 9.05 Å². The van der Waals surface area contributed by atoms with Gasteiger partial charge in [-0.3, -0.25) is 9.36 Å². The smallest absolute Gasteiger partial charge is 0.308 e. The molecule has 0 bridgehead atoms. The molecule has 1 aromatic carbocycles. The maximum Gasteiger partial charge on any atom is 0.344 e. The third kappa shape index (κ3) is 4.07. The Morgan fingerprint density at radius 3 is 2.09 bits per heavy atom. The van der Waals surface area contributed by atoms with Crippen LogP contribution in [0.2, 0.25) is 0 Å². The number of carbonyl (C=O) groups excluding carboxylic acids is 1. The minimum absolute atomic E-state index is 0.174. The second-order valence-electron chi connectivity index (χ2n) is 5.41. The number of carbonyl (C=O) groups is 1. The first-order valence-electron chi connectivity index (χ1n) is 7.94. The lowest BCUT2D eigenvalue weighted by molar-refractivity contribution is 0.0903. The van der Waals surface area contributed by atoms with Crippen LogP contribution in [0.25, 0.3) is 0 Å². The fourth-order valence-corrected chi connectivity index (χ4v) is 4.59. The van der Waals surface area contributed by atoms with Gasteiger partial charge in [-0.25, -0.2) is 0 Å². The van der Waals surface area contributed by atoms with Crippen LogP contribution in [0.15, 0.2) is 30.3 Å². The number of Topliss-reactive ketones (excluding diaryl/α,β-unsaturated/α-hetero) is 1. The molecule has 0 heterocycles. The first-order valence-corrected chi connectivity index (χ1v) is 9.48. The average molecular weight is 326 g/mol. The van der Waals surface area contributed by atoms with E-state index >= 15 is 0 Å². The Balaban J connectivity index is 3.28. The molecule has 4 nitrogen and oxygen atoms in total. The molecule has 1 atom stereocenters.